The molecule has 2 aromatic carbocycles. The molecule has 2 N–H and O–H groups in total. The molecular weight excluding hydrogens is 290 g/mol. The smallest absolute Gasteiger partial charge is 0.141 e. The van der Waals surface area contributed by atoms with Gasteiger partial charge in [0, 0.05) is 10.4 Å². The van der Waals surface area contributed by atoms with E-state index in [0.717, 1.165) is 10.9 Å². The second kappa shape index (κ2) is 5.46. The Kier molecular flexibility index (Phi) is 3.50. The van der Waals surface area contributed by atoms with E-state index in [1.54, 1.807) is 19.2 Å². The van der Waals surface area contributed by atoms with Crippen LogP contribution in [-0.2, 0) is 0 Å². The van der Waals surface area contributed by atoms with Crippen LogP contribution in [0.25, 0.3) is 10.9 Å². The van der Waals surface area contributed by atoms with Gasteiger partial charge in [-0.1, -0.05) is 11.6 Å². The summed E-state index contributed by atoms with van der Waals surface area (Å²) in [6, 6.07) is 10.3. The molecule has 0 fully saturated rings. The number of phenols is 1. The van der Waals surface area contributed by atoms with Gasteiger partial charge in [0.2, 0.25) is 0 Å². The van der Waals surface area contributed by atoms with Crippen molar-refractivity contribution in [2.24, 2.45) is 0 Å². The van der Waals surface area contributed by atoms with Crippen molar-refractivity contribution in [3.63, 3.8) is 0 Å². The minimum atomic E-state index is 0.0917. The van der Waals surface area contributed by atoms with Crippen molar-refractivity contribution >= 4 is 34.0 Å². The lowest BCUT2D eigenvalue weighted by molar-refractivity contribution is 0.415. The Balaban J connectivity index is 2.09. The van der Waals surface area contributed by atoms with Gasteiger partial charge in [0.25, 0.3) is 0 Å². The number of phenolic OH excluding ortho intramolecular Hbond substituents is 1. The van der Waals surface area contributed by atoms with Crippen LogP contribution in [0.15, 0.2) is 42.7 Å². The van der Waals surface area contributed by atoms with Crippen LogP contribution in [0.4, 0.5) is 11.5 Å². The fourth-order valence-corrected chi connectivity index (χ4v) is 2.17. The van der Waals surface area contributed by atoms with E-state index in [2.05, 4.69) is 15.3 Å². The molecule has 0 amide bonds. The number of ether oxygens (including phenoxy) is 1. The van der Waals surface area contributed by atoms with Gasteiger partial charge in [0.1, 0.15) is 23.6 Å². The average molecular weight is 302 g/mol. The summed E-state index contributed by atoms with van der Waals surface area (Å²) in [5.41, 5.74) is 1.25. The van der Waals surface area contributed by atoms with Crippen molar-refractivity contribution in [2.45, 2.75) is 0 Å². The van der Waals surface area contributed by atoms with Gasteiger partial charge in [-0.3, -0.25) is 0 Å². The summed E-state index contributed by atoms with van der Waals surface area (Å²) < 4.78 is 5.22. The van der Waals surface area contributed by atoms with Gasteiger partial charge in [-0.15, -0.1) is 0 Å². The Morgan fingerprint density at radius 2 is 2.00 bits per heavy atom. The largest absolute Gasteiger partial charge is 0.506 e. The Morgan fingerprint density at radius 3 is 2.81 bits per heavy atom. The van der Waals surface area contributed by atoms with E-state index in [4.69, 9.17) is 16.3 Å². The molecule has 3 rings (SSSR count). The van der Waals surface area contributed by atoms with Crippen molar-refractivity contribution in [2.75, 3.05) is 12.4 Å². The van der Waals surface area contributed by atoms with Crippen molar-refractivity contribution in [1.82, 2.24) is 9.97 Å². The number of hydrogen-bond acceptors (Lipinski definition) is 5. The molecule has 21 heavy (non-hydrogen) atoms. The quantitative estimate of drug-likeness (QED) is 0.721. The number of aromatic hydroxyl groups is 1. The summed E-state index contributed by atoms with van der Waals surface area (Å²) in [5.74, 6) is 1.36. The summed E-state index contributed by atoms with van der Waals surface area (Å²) in [7, 11) is 1.60. The zero-order valence-corrected chi connectivity index (χ0v) is 11.9. The number of halogens is 1. The zero-order chi connectivity index (χ0) is 14.8. The highest BCUT2D eigenvalue weighted by Gasteiger charge is 2.08. The number of hydrogen-bond donors (Lipinski definition) is 2. The topological polar surface area (TPSA) is 67.3 Å². The summed E-state index contributed by atoms with van der Waals surface area (Å²) in [6.45, 7) is 0. The highest BCUT2D eigenvalue weighted by atomic mass is 35.5. The number of methoxy groups -OCH3 is 1. The van der Waals surface area contributed by atoms with Crippen LogP contribution >= 0.6 is 11.6 Å². The van der Waals surface area contributed by atoms with Crippen LogP contribution < -0.4 is 10.1 Å². The van der Waals surface area contributed by atoms with Crippen LogP contribution in [0, 0.1) is 0 Å². The first-order valence-electron chi connectivity index (χ1n) is 6.21. The molecule has 0 bridgehead atoms. The third-order valence-corrected chi connectivity index (χ3v) is 3.29. The lowest BCUT2D eigenvalue weighted by Gasteiger charge is -2.11. The van der Waals surface area contributed by atoms with Gasteiger partial charge in [-0.25, -0.2) is 9.97 Å². The van der Waals surface area contributed by atoms with Gasteiger partial charge in [-0.2, -0.15) is 0 Å². The van der Waals surface area contributed by atoms with Crippen LogP contribution in [0.2, 0.25) is 5.02 Å². The Bertz CT molecular complexity index is 808. The van der Waals surface area contributed by atoms with Gasteiger partial charge in [0.05, 0.1) is 18.3 Å². The SMILES string of the molecule is COc1ccc2ncnc(Nc3cc(Cl)ccc3O)c2c1. The average Bonchev–Trinajstić information content (AvgIpc) is 2.51. The van der Waals surface area contributed by atoms with Gasteiger partial charge in [0.15, 0.2) is 0 Å². The van der Waals surface area contributed by atoms with Gasteiger partial charge in [-0.05, 0) is 36.4 Å². The minimum absolute atomic E-state index is 0.0917. The number of benzene rings is 2. The molecule has 1 aromatic heterocycles. The molecule has 0 unspecified atom stereocenters. The van der Waals surface area contributed by atoms with E-state index in [9.17, 15) is 5.11 Å². The van der Waals surface area contributed by atoms with Crippen molar-refractivity contribution < 1.29 is 9.84 Å². The highest BCUT2D eigenvalue weighted by Crippen LogP contribution is 2.32. The molecule has 0 atom stereocenters. The van der Waals surface area contributed by atoms with E-state index in [0.29, 0.717) is 22.3 Å². The molecule has 0 saturated heterocycles. The third kappa shape index (κ3) is 2.68. The molecule has 0 aliphatic rings. The Labute approximate surface area is 126 Å². The van der Waals surface area contributed by atoms with Crippen LogP contribution in [0.5, 0.6) is 11.5 Å². The molecule has 1 heterocycles. The van der Waals surface area contributed by atoms with Crippen molar-refractivity contribution in [1.29, 1.82) is 0 Å². The van der Waals surface area contributed by atoms with Gasteiger partial charge >= 0.3 is 0 Å². The molecule has 5 nitrogen and oxygen atoms in total. The summed E-state index contributed by atoms with van der Waals surface area (Å²) in [6.07, 6.45) is 1.46. The third-order valence-electron chi connectivity index (χ3n) is 3.05. The fourth-order valence-electron chi connectivity index (χ4n) is 2.00. The van der Waals surface area contributed by atoms with E-state index >= 15 is 0 Å². The molecule has 0 aliphatic carbocycles. The molecule has 106 valence electrons. The van der Waals surface area contributed by atoms with E-state index in [-0.39, 0.29) is 5.75 Å². The lowest BCUT2D eigenvalue weighted by atomic mass is 10.2. The number of rotatable bonds is 3. The number of fused-ring (bicyclic) bond motifs is 1. The first-order chi connectivity index (χ1) is 10.2. The van der Waals surface area contributed by atoms with Crippen LogP contribution in [-0.4, -0.2) is 22.2 Å². The number of nitrogens with one attached hydrogen (secondary N) is 1. The molecule has 0 saturated carbocycles. The number of nitrogens with zero attached hydrogens (tertiary/aromatic N) is 2. The van der Waals surface area contributed by atoms with Crippen molar-refractivity contribution in [3.05, 3.63) is 47.7 Å². The summed E-state index contributed by atoms with van der Waals surface area (Å²) in [4.78, 5) is 8.42. The maximum absolute atomic E-state index is 9.88. The normalized spacial score (nSPS) is 10.6. The highest BCUT2D eigenvalue weighted by molar-refractivity contribution is 6.31. The monoisotopic (exact) mass is 301 g/mol. The van der Waals surface area contributed by atoms with E-state index < -0.39 is 0 Å². The molecule has 0 radical (unpaired) electrons. The van der Waals surface area contributed by atoms with Crippen molar-refractivity contribution in [3.8, 4) is 11.5 Å². The second-order valence-corrected chi connectivity index (χ2v) is 4.83. The molecule has 3 aromatic rings. The first-order valence-corrected chi connectivity index (χ1v) is 6.59. The van der Waals surface area contributed by atoms with Crippen LogP contribution in [0.3, 0.4) is 0 Å². The van der Waals surface area contributed by atoms with Crippen LogP contribution in [0.1, 0.15) is 0 Å². The fraction of sp³-hybridized carbons (Fsp3) is 0.0667. The maximum Gasteiger partial charge on any atom is 0.141 e. The molecule has 0 aliphatic heterocycles. The standard InChI is InChI=1S/C15H12ClN3O2/c1-21-10-3-4-12-11(7-10)15(18-8-17-12)19-13-6-9(16)2-5-14(13)20/h2-8,20H,1H3,(H,17,18,19). The number of anilines is 2. The Morgan fingerprint density at radius 1 is 1.14 bits per heavy atom. The summed E-state index contributed by atoms with van der Waals surface area (Å²) in [5, 5.41) is 14.3. The minimum Gasteiger partial charge on any atom is -0.506 e. The Hall–Kier alpha value is -2.53. The first kappa shape index (κ1) is 13.5. The second-order valence-electron chi connectivity index (χ2n) is 4.39. The maximum atomic E-state index is 9.88. The lowest BCUT2D eigenvalue weighted by Crippen LogP contribution is -1.97. The molecular formula is C15H12ClN3O2. The molecule has 6 heteroatoms. The van der Waals surface area contributed by atoms with Gasteiger partial charge < -0.3 is 15.2 Å². The number of aromatic nitrogens is 2. The molecule has 0 spiro atoms. The predicted octanol–water partition coefficient (Wildman–Crippen LogP) is 3.74. The van der Waals surface area contributed by atoms with E-state index in [1.165, 1.54) is 12.4 Å². The zero-order valence-electron chi connectivity index (χ0n) is 11.2. The van der Waals surface area contributed by atoms with E-state index in [1.807, 2.05) is 18.2 Å². The predicted molar refractivity (Wildman–Crippen MR) is 82.5 cm³/mol. The summed E-state index contributed by atoms with van der Waals surface area (Å²) >= 11 is 5.95.